The van der Waals surface area contributed by atoms with Crippen LogP contribution >= 0.6 is 0 Å². The van der Waals surface area contributed by atoms with Gasteiger partial charge in [0.15, 0.2) is 5.60 Å². The molecule has 1 atom stereocenters. The molecule has 2 amide bonds. The topological polar surface area (TPSA) is 87.7 Å². The Kier molecular flexibility index (Phi) is 6.11. The standard InChI is InChI=1S/C27H29N5O3/c1-19-15-24(29-20(2)28-19)30-23-10-6-9-22(16-23)25(33)31-14-12-27(17-31)18-32(26(34)35-27)13-11-21-7-4-3-5-8-21/h3-10,15-16H,11-14,17-18H2,1-2H3,(H,28,29,30). The van der Waals surface area contributed by atoms with Crippen molar-refractivity contribution in [3.05, 3.63) is 83.3 Å². The number of carbonyl (C=O) groups excluding carboxylic acids is 2. The van der Waals surface area contributed by atoms with Crippen molar-refractivity contribution < 1.29 is 14.3 Å². The summed E-state index contributed by atoms with van der Waals surface area (Å²) in [5.74, 6) is 1.30. The van der Waals surface area contributed by atoms with Crippen molar-refractivity contribution in [1.82, 2.24) is 19.8 Å². The number of aromatic nitrogens is 2. The lowest BCUT2D eigenvalue weighted by atomic mass is 10.0. The van der Waals surface area contributed by atoms with Crippen molar-refractivity contribution >= 4 is 23.5 Å². The van der Waals surface area contributed by atoms with Crippen LogP contribution in [0.2, 0.25) is 0 Å². The number of carbonyl (C=O) groups is 2. The first-order valence-electron chi connectivity index (χ1n) is 11.9. The smallest absolute Gasteiger partial charge is 0.410 e. The largest absolute Gasteiger partial charge is 0.439 e. The third-order valence-electron chi connectivity index (χ3n) is 6.51. The van der Waals surface area contributed by atoms with E-state index in [0.29, 0.717) is 49.8 Å². The lowest BCUT2D eigenvalue weighted by Crippen LogP contribution is -2.39. The molecule has 0 radical (unpaired) electrons. The zero-order chi connectivity index (χ0) is 24.4. The fourth-order valence-electron chi connectivity index (χ4n) is 4.85. The van der Waals surface area contributed by atoms with Crippen LogP contribution in [-0.2, 0) is 11.2 Å². The summed E-state index contributed by atoms with van der Waals surface area (Å²) in [6.45, 7) is 5.84. The van der Waals surface area contributed by atoms with Gasteiger partial charge >= 0.3 is 6.09 Å². The third kappa shape index (κ3) is 5.11. The molecule has 8 nitrogen and oxygen atoms in total. The fourth-order valence-corrected chi connectivity index (χ4v) is 4.85. The first-order valence-corrected chi connectivity index (χ1v) is 11.9. The number of nitrogens with one attached hydrogen (secondary N) is 1. The van der Waals surface area contributed by atoms with Gasteiger partial charge in [0.25, 0.3) is 5.91 Å². The zero-order valence-corrected chi connectivity index (χ0v) is 20.0. The molecule has 35 heavy (non-hydrogen) atoms. The number of hydrogen-bond acceptors (Lipinski definition) is 6. The Morgan fingerprint density at radius 3 is 2.69 bits per heavy atom. The van der Waals surface area contributed by atoms with Crippen LogP contribution in [0.25, 0.3) is 0 Å². The molecule has 1 aromatic heterocycles. The van der Waals surface area contributed by atoms with Crippen molar-refractivity contribution in [1.29, 1.82) is 0 Å². The number of hydrogen-bond donors (Lipinski definition) is 1. The van der Waals surface area contributed by atoms with Gasteiger partial charge in [-0.3, -0.25) is 4.79 Å². The zero-order valence-electron chi connectivity index (χ0n) is 20.0. The van der Waals surface area contributed by atoms with Gasteiger partial charge in [-0.2, -0.15) is 0 Å². The molecule has 3 aromatic rings. The summed E-state index contributed by atoms with van der Waals surface area (Å²) >= 11 is 0. The van der Waals surface area contributed by atoms with E-state index in [9.17, 15) is 9.59 Å². The van der Waals surface area contributed by atoms with E-state index in [-0.39, 0.29) is 12.0 Å². The first-order chi connectivity index (χ1) is 16.9. The van der Waals surface area contributed by atoms with E-state index in [1.165, 1.54) is 5.56 Å². The predicted molar refractivity (Wildman–Crippen MR) is 133 cm³/mol. The van der Waals surface area contributed by atoms with Crippen LogP contribution in [0, 0.1) is 13.8 Å². The molecule has 2 aliphatic rings. The third-order valence-corrected chi connectivity index (χ3v) is 6.51. The van der Waals surface area contributed by atoms with Crippen LogP contribution in [0.1, 0.15) is 33.9 Å². The van der Waals surface area contributed by atoms with Crippen LogP contribution < -0.4 is 5.32 Å². The molecule has 1 unspecified atom stereocenters. The minimum atomic E-state index is -0.630. The highest BCUT2D eigenvalue weighted by molar-refractivity contribution is 5.95. The lowest BCUT2D eigenvalue weighted by molar-refractivity contribution is 0.0553. The number of anilines is 2. The van der Waals surface area contributed by atoms with Gasteiger partial charge in [0.1, 0.15) is 11.6 Å². The Labute approximate surface area is 204 Å². The molecular weight excluding hydrogens is 442 g/mol. The van der Waals surface area contributed by atoms with E-state index >= 15 is 0 Å². The van der Waals surface area contributed by atoms with Gasteiger partial charge in [-0.1, -0.05) is 36.4 Å². The second-order valence-electron chi connectivity index (χ2n) is 9.33. The van der Waals surface area contributed by atoms with Gasteiger partial charge in [-0.25, -0.2) is 14.8 Å². The van der Waals surface area contributed by atoms with Crippen LogP contribution in [0.3, 0.4) is 0 Å². The fraction of sp³-hybridized carbons (Fsp3) is 0.333. The van der Waals surface area contributed by atoms with Crippen LogP contribution in [0.15, 0.2) is 60.7 Å². The normalized spacial score (nSPS) is 19.3. The maximum atomic E-state index is 13.3. The summed E-state index contributed by atoms with van der Waals surface area (Å²) in [4.78, 5) is 38.1. The summed E-state index contributed by atoms with van der Waals surface area (Å²) in [5, 5.41) is 3.26. The number of rotatable bonds is 6. The first kappa shape index (κ1) is 22.8. The second-order valence-corrected chi connectivity index (χ2v) is 9.33. The average molecular weight is 472 g/mol. The SMILES string of the molecule is Cc1cc(Nc2cccc(C(=O)N3CCC4(CN(CCc5ccccc5)C(=O)O4)C3)c2)nc(C)n1. The molecule has 1 spiro atoms. The number of ether oxygens (including phenoxy) is 1. The Bertz CT molecular complexity index is 1230. The second kappa shape index (κ2) is 9.37. The average Bonchev–Trinajstić information content (AvgIpc) is 3.39. The molecule has 0 saturated carbocycles. The molecule has 1 N–H and O–H groups in total. The van der Waals surface area contributed by atoms with Gasteiger partial charge < -0.3 is 19.9 Å². The Morgan fingerprint density at radius 1 is 1.06 bits per heavy atom. The highest BCUT2D eigenvalue weighted by Gasteiger charge is 2.50. The van der Waals surface area contributed by atoms with E-state index in [4.69, 9.17) is 4.74 Å². The maximum absolute atomic E-state index is 13.3. The molecule has 8 heteroatoms. The Morgan fingerprint density at radius 2 is 1.89 bits per heavy atom. The Hall–Kier alpha value is -3.94. The summed E-state index contributed by atoms with van der Waals surface area (Å²) in [6, 6.07) is 19.3. The quantitative estimate of drug-likeness (QED) is 0.582. The summed E-state index contributed by atoms with van der Waals surface area (Å²) in [5.41, 5.74) is 2.79. The summed E-state index contributed by atoms with van der Waals surface area (Å²) < 4.78 is 5.82. The number of aryl methyl sites for hydroxylation is 2. The van der Waals surface area contributed by atoms with Gasteiger partial charge in [0.05, 0.1) is 13.1 Å². The van der Waals surface area contributed by atoms with E-state index in [0.717, 1.165) is 17.8 Å². The highest BCUT2D eigenvalue weighted by atomic mass is 16.6. The lowest BCUT2D eigenvalue weighted by Gasteiger charge is -2.22. The minimum Gasteiger partial charge on any atom is -0.439 e. The number of benzene rings is 2. The molecule has 0 aliphatic carbocycles. The van der Waals surface area contributed by atoms with Crippen LogP contribution in [0.4, 0.5) is 16.3 Å². The van der Waals surface area contributed by atoms with Crippen LogP contribution in [-0.4, -0.2) is 63.5 Å². The predicted octanol–water partition coefficient (Wildman–Crippen LogP) is 4.12. The monoisotopic (exact) mass is 471 g/mol. The molecule has 2 saturated heterocycles. The number of amides is 2. The molecule has 5 rings (SSSR count). The van der Waals surface area contributed by atoms with Crippen molar-refractivity contribution in [2.75, 3.05) is 31.5 Å². The van der Waals surface area contributed by atoms with Crippen molar-refractivity contribution in [2.45, 2.75) is 32.3 Å². The van der Waals surface area contributed by atoms with Crippen molar-refractivity contribution in [3.8, 4) is 0 Å². The van der Waals surface area contributed by atoms with Crippen molar-refractivity contribution in [3.63, 3.8) is 0 Å². The van der Waals surface area contributed by atoms with E-state index in [2.05, 4.69) is 27.4 Å². The van der Waals surface area contributed by atoms with Crippen molar-refractivity contribution in [2.24, 2.45) is 0 Å². The molecule has 180 valence electrons. The van der Waals surface area contributed by atoms with Gasteiger partial charge in [0, 0.05) is 42.5 Å². The van der Waals surface area contributed by atoms with Gasteiger partial charge in [-0.05, 0) is 44.0 Å². The molecule has 2 fully saturated rings. The number of likely N-dealkylation sites (tertiary alicyclic amines) is 1. The molecular formula is C27H29N5O3. The minimum absolute atomic E-state index is 0.0700. The molecule has 3 heterocycles. The molecule has 2 aromatic carbocycles. The molecule has 0 bridgehead atoms. The Balaban J connectivity index is 1.22. The van der Waals surface area contributed by atoms with Gasteiger partial charge in [0.2, 0.25) is 0 Å². The maximum Gasteiger partial charge on any atom is 0.410 e. The highest BCUT2D eigenvalue weighted by Crippen LogP contribution is 2.33. The summed E-state index contributed by atoms with van der Waals surface area (Å²) in [6.07, 6.45) is 1.13. The van der Waals surface area contributed by atoms with E-state index in [1.54, 1.807) is 9.80 Å². The van der Waals surface area contributed by atoms with Gasteiger partial charge in [-0.15, -0.1) is 0 Å². The molecule has 2 aliphatic heterocycles. The van der Waals surface area contributed by atoms with Crippen LogP contribution in [0.5, 0.6) is 0 Å². The number of nitrogens with zero attached hydrogens (tertiary/aromatic N) is 4. The summed E-state index contributed by atoms with van der Waals surface area (Å²) in [7, 11) is 0. The van der Waals surface area contributed by atoms with E-state index < -0.39 is 5.60 Å². The van der Waals surface area contributed by atoms with E-state index in [1.807, 2.05) is 62.4 Å².